The zero-order valence-electron chi connectivity index (χ0n) is 11.6. The van der Waals surface area contributed by atoms with Gasteiger partial charge in [0.05, 0.1) is 24.3 Å². The van der Waals surface area contributed by atoms with Gasteiger partial charge in [0, 0.05) is 17.9 Å². The predicted octanol–water partition coefficient (Wildman–Crippen LogP) is 2.54. The van der Waals surface area contributed by atoms with Gasteiger partial charge in [0.2, 0.25) is 0 Å². The van der Waals surface area contributed by atoms with Gasteiger partial charge in [-0.1, -0.05) is 12.1 Å². The molecule has 0 aliphatic rings. The fraction of sp³-hybridized carbons (Fsp3) is 0.125. The van der Waals surface area contributed by atoms with Gasteiger partial charge in [0.25, 0.3) is 0 Å². The monoisotopic (exact) mass is 281 g/mol. The molecule has 2 aromatic carbocycles. The number of benzene rings is 2. The molecule has 5 nitrogen and oxygen atoms in total. The zero-order chi connectivity index (χ0) is 15.2. The Morgan fingerprint density at radius 3 is 2.86 bits per heavy atom. The van der Waals surface area contributed by atoms with Crippen molar-refractivity contribution in [3.05, 3.63) is 59.2 Å². The summed E-state index contributed by atoms with van der Waals surface area (Å²) in [4.78, 5) is 11.7. The topological polar surface area (TPSA) is 88.1 Å². The molecule has 5 heteroatoms. The number of esters is 1. The first kappa shape index (κ1) is 14.4. The number of nitrogens with zero attached hydrogens (tertiary/aromatic N) is 1. The third-order valence-electron chi connectivity index (χ3n) is 2.99. The van der Waals surface area contributed by atoms with Gasteiger partial charge in [-0.15, -0.1) is 0 Å². The lowest BCUT2D eigenvalue weighted by atomic mass is 10.1. The van der Waals surface area contributed by atoms with Crippen molar-refractivity contribution in [1.29, 1.82) is 5.26 Å². The highest BCUT2D eigenvalue weighted by Crippen LogP contribution is 2.20. The number of methoxy groups -OCH3 is 1. The van der Waals surface area contributed by atoms with E-state index in [2.05, 4.69) is 11.4 Å². The van der Waals surface area contributed by atoms with Crippen LogP contribution in [0.1, 0.15) is 21.5 Å². The number of hydrogen-bond acceptors (Lipinski definition) is 5. The molecular formula is C16H15N3O2. The van der Waals surface area contributed by atoms with Gasteiger partial charge in [0.15, 0.2) is 0 Å². The van der Waals surface area contributed by atoms with Crippen molar-refractivity contribution in [2.24, 2.45) is 0 Å². The van der Waals surface area contributed by atoms with E-state index >= 15 is 0 Å². The van der Waals surface area contributed by atoms with E-state index in [0.29, 0.717) is 29.0 Å². The molecule has 0 saturated carbocycles. The number of carbonyl (C=O) groups is 1. The molecule has 0 spiro atoms. The smallest absolute Gasteiger partial charge is 0.340 e. The van der Waals surface area contributed by atoms with E-state index in [9.17, 15) is 4.79 Å². The number of anilines is 2. The molecule has 0 bridgehead atoms. The number of nitriles is 1. The number of nitrogens with one attached hydrogen (secondary N) is 1. The lowest BCUT2D eigenvalue weighted by molar-refractivity contribution is 0.0602. The Morgan fingerprint density at radius 1 is 1.33 bits per heavy atom. The van der Waals surface area contributed by atoms with Gasteiger partial charge in [-0.05, 0) is 35.9 Å². The van der Waals surface area contributed by atoms with Crippen LogP contribution in [-0.2, 0) is 11.3 Å². The summed E-state index contributed by atoms with van der Waals surface area (Å²) in [5, 5.41) is 12.0. The van der Waals surface area contributed by atoms with E-state index in [-0.39, 0.29) is 0 Å². The maximum Gasteiger partial charge on any atom is 0.340 e. The predicted molar refractivity (Wildman–Crippen MR) is 80.7 cm³/mol. The summed E-state index contributed by atoms with van der Waals surface area (Å²) in [6.45, 7) is 0.490. The van der Waals surface area contributed by atoms with E-state index in [1.165, 1.54) is 7.11 Å². The first-order valence-corrected chi connectivity index (χ1v) is 6.35. The molecule has 0 saturated heterocycles. The maximum absolute atomic E-state index is 11.7. The van der Waals surface area contributed by atoms with E-state index < -0.39 is 5.97 Å². The summed E-state index contributed by atoms with van der Waals surface area (Å²) < 4.78 is 4.74. The minimum absolute atomic E-state index is 0.383. The van der Waals surface area contributed by atoms with E-state index in [1.54, 1.807) is 30.3 Å². The highest BCUT2D eigenvalue weighted by Gasteiger charge is 2.12. The first-order valence-electron chi connectivity index (χ1n) is 6.35. The Labute approximate surface area is 123 Å². The largest absolute Gasteiger partial charge is 0.465 e. The average Bonchev–Trinajstić information content (AvgIpc) is 2.53. The van der Waals surface area contributed by atoms with Crippen molar-refractivity contribution >= 4 is 17.3 Å². The highest BCUT2D eigenvalue weighted by atomic mass is 16.5. The van der Waals surface area contributed by atoms with Crippen LogP contribution in [-0.4, -0.2) is 13.1 Å². The number of ether oxygens (including phenoxy) is 1. The third kappa shape index (κ3) is 3.51. The Bertz CT molecular complexity index is 705. The molecule has 106 valence electrons. The van der Waals surface area contributed by atoms with Crippen molar-refractivity contribution in [1.82, 2.24) is 0 Å². The standard InChI is InChI=1S/C16H15N3O2/c1-21-16(20)14-8-13(18)5-6-15(14)19-10-12-4-2-3-11(7-12)9-17/h2-8,19H,10,18H2,1H3. The molecule has 2 rings (SSSR count). The number of nitrogens with two attached hydrogens (primary N) is 1. The van der Waals surface area contributed by atoms with Crippen LogP contribution in [0.2, 0.25) is 0 Å². The molecule has 2 aromatic rings. The molecule has 0 aromatic heterocycles. The summed E-state index contributed by atoms with van der Waals surface area (Å²) in [5.74, 6) is -0.449. The van der Waals surface area contributed by atoms with E-state index in [4.69, 9.17) is 15.7 Å². The fourth-order valence-corrected chi connectivity index (χ4v) is 1.94. The van der Waals surface area contributed by atoms with Crippen LogP contribution in [0.3, 0.4) is 0 Å². The summed E-state index contributed by atoms with van der Waals surface area (Å²) in [6, 6.07) is 14.4. The molecule has 0 aliphatic heterocycles. The Morgan fingerprint density at radius 2 is 2.14 bits per heavy atom. The Hall–Kier alpha value is -3.00. The molecule has 0 fully saturated rings. The number of hydrogen-bond donors (Lipinski definition) is 2. The molecule has 0 atom stereocenters. The molecule has 0 amide bonds. The molecular weight excluding hydrogens is 266 g/mol. The number of rotatable bonds is 4. The third-order valence-corrected chi connectivity index (χ3v) is 2.99. The summed E-state index contributed by atoms with van der Waals surface area (Å²) in [6.07, 6.45) is 0. The van der Waals surface area contributed by atoms with Crippen LogP contribution in [0.25, 0.3) is 0 Å². The summed E-state index contributed by atoms with van der Waals surface area (Å²) >= 11 is 0. The van der Waals surface area contributed by atoms with Gasteiger partial charge >= 0.3 is 5.97 Å². The Balaban J connectivity index is 2.20. The van der Waals surface area contributed by atoms with Crippen LogP contribution >= 0.6 is 0 Å². The lowest BCUT2D eigenvalue weighted by Gasteiger charge is -2.11. The van der Waals surface area contributed by atoms with Gasteiger partial charge < -0.3 is 15.8 Å². The maximum atomic E-state index is 11.7. The van der Waals surface area contributed by atoms with Crippen LogP contribution in [0.4, 0.5) is 11.4 Å². The quantitative estimate of drug-likeness (QED) is 0.664. The average molecular weight is 281 g/mol. The van der Waals surface area contributed by atoms with Crippen LogP contribution in [0, 0.1) is 11.3 Å². The van der Waals surface area contributed by atoms with Crippen molar-refractivity contribution in [3.63, 3.8) is 0 Å². The van der Waals surface area contributed by atoms with Crippen molar-refractivity contribution in [2.45, 2.75) is 6.54 Å². The Kier molecular flexibility index (Phi) is 4.42. The molecule has 21 heavy (non-hydrogen) atoms. The molecule has 0 heterocycles. The minimum atomic E-state index is -0.449. The van der Waals surface area contributed by atoms with Crippen LogP contribution < -0.4 is 11.1 Å². The minimum Gasteiger partial charge on any atom is -0.465 e. The fourth-order valence-electron chi connectivity index (χ4n) is 1.94. The van der Waals surface area contributed by atoms with Crippen LogP contribution in [0.15, 0.2) is 42.5 Å². The number of nitrogen functional groups attached to an aromatic ring is 1. The second kappa shape index (κ2) is 6.44. The van der Waals surface area contributed by atoms with E-state index in [0.717, 1.165) is 5.56 Å². The molecule has 0 radical (unpaired) electrons. The lowest BCUT2D eigenvalue weighted by Crippen LogP contribution is -2.09. The second-order valence-corrected chi connectivity index (χ2v) is 4.46. The van der Waals surface area contributed by atoms with Gasteiger partial charge in [-0.25, -0.2) is 4.79 Å². The van der Waals surface area contributed by atoms with Gasteiger partial charge in [-0.2, -0.15) is 5.26 Å². The summed E-state index contributed by atoms with van der Waals surface area (Å²) in [7, 11) is 1.33. The van der Waals surface area contributed by atoms with Crippen molar-refractivity contribution < 1.29 is 9.53 Å². The highest BCUT2D eigenvalue weighted by molar-refractivity contribution is 5.96. The second-order valence-electron chi connectivity index (χ2n) is 4.46. The van der Waals surface area contributed by atoms with Gasteiger partial charge in [0.1, 0.15) is 0 Å². The van der Waals surface area contributed by atoms with Crippen LogP contribution in [0.5, 0.6) is 0 Å². The summed E-state index contributed by atoms with van der Waals surface area (Å²) in [5.41, 5.74) is 8.75. The normalized spacial score (nSPS) is 9.71. The SMILES string of the molecule is COC(=O)c1cc(N)ccc1NCc1cccc(C#N)c1. The molecule has 3 N–H and O–H groups in total. The van der Waals surface area contributed by atoms with Crippen molar-refractivity contribution in [3.8, 4) is 6.07 Å². The van der Waals surface area contributed by atoms with E-state index in [1.807, 2.05) is 12.1 Å². The molecule has 0 unspecified atom stereocenters. The van der Waals surface area contributed by atoms with Crippen molar-refractivity contribution in [2.75, 3.05) is 18.2 Å². The zero-order valence-corrected chi connectivity index (χ0v) is 11.6. The van der Waals surface area contributed by atoms with Gasteiger partial charge in [-0.3, -0.25) is 0 Å². The molecule has 0 aliphatic carbocycles. The first-order chi connectivity index (χ1) is 10.1. The number of carbonyl (C=O) groups excluding carboxylic acids is 1.